The van der Waals surface area contributed by atoms with Crippen LogP contribution in [0.5, 0.6) is 0 Å². The van der Waals surface area contributed by atoms with E-state index in [-0.39, 0.29) is 30.5 Å². The van der Waals surface area contributed by atoms with Gasteiger partial charge in [-0.25, -0.2) is 0 Å². The molecule has 3 atom stereocenters. The molecule has 1 aliphatic rings. The summed E-state index contributed by atoms with van der Waals surface area (Å²) in [5.74, 6) is 0.0372. The summed E-state index contributed by atoms with van der Waals surface area (Å²) in [5.41, 5.74) is 6.24. The molecular formula is C37H42N2O2. The van der Waals surface area contributed by atoms with Crippen molar-refractivity contribution in [1.82, 2.24) is 9.80 Å². The van der Waals surface area contributed by atoms with Gasteiger partial charge in [-0.1, -0.05) is 122 Å². The Morgan fingerprint density at radius 2 is 1.32 bits per heavy atom. The normalized spacial score (nSPS) is 16.6. The van der Waals surface area contributed by atoms with Gasteiger partial charge in [0.15, 0.2) is 0 Å². The second-order valence-corrected chi connectivity index (χ2v) is 11.4. The molecule has 41 heavy (non-hydrogen) atoms. The van der Waals surface area contributed by atoms with Crippen molar-refractivity contribution < 1.29 is 9.90 Å². The van der Waals surface area contributed by atoms with Gasteiger partial charge >= 0.3 is 0 Å². The van der Waals surface area contributed by atoms with Crippen LogP contribution in [0.1, 0.15) is 42.9 Å². The van der Waals surface area contributed by atoms with Gasteiger partial charge in [0.2, 0.25) is 5.91 Å². The van der Waals surface area contributed by atoms with E-state index in [9.17, 15) is 9.90 Å². The molecule has 1 heterocycles. The van der Waals surface area contributed by atoms with Crippen LogP contribution in [0.2, 0.25) is 0 Å². The van der Waals surface area contributed by atoms with E-state index < -0.39 is 0 Å². The Hall–Kier alpha value is -3.73. The number of carbonyl (C=O) groups is 1. The van der Waals surface area contributed by atoms with Crippen LogP contribution >= 0.6 is 0 Å². The Morgan fingerprint density at radius 1 is 0.780 bits per heavy atom. The van der Waals surface area contributed by atoms with Crippen molar-refractivity contribution in [3.63, 3.8) is 0 Å². The number of amides is 1. The number of aliphatic hydroxyl groups is 1. The molecule has 0 spiro atoms. The largest absolute Gasteiger partial charge is 0.394 e. The second-order valence-electron chi connectivity index (χ2n) is 11.4. The molecule has 0 aromatic heterocycles. The maximum atomic E-state index is 13.6. The van der Waals surface area contributed by atoms with Crippen LogP contribution in [0.25, 0.3) is 11.1 Å². The van der Waals surface area contributed by atoms with Crippen molar-refractivity contribution in [3.05, 3.63) is 132 Å². The zero-order chi connectivity index (χ0) is 28.4. The molecule has 0 saturated carbocycles. The van der Waals surface area contributed by atoms with Gasteiger partial charge in [-0.2, -0.15) is 0 Å². The van der Waals surface area contributed by atoms with E-state index in [1.165, 1.54) is 27.8 Å². The fourth-order valence-corrected chi connectivity index (χ4v) is 6.16. The molecule has 1 unspecified atom stereocenters. The molecule has 212 valence electrons. The lowest BCUT2D eigenvalue weighted by atomic mass is 9.92. The lowest BCUT2D eigenvalue weighted by Crippen LogP contribution is -2.44. The summed E-state index contributed by atoms with van der Waals surface area (Å²) in [5, 5.41) is 9.86. The van der Waals surface area contributed by atoms with E-state index in [2.05, 4.69) is 121 Å². The predicted octanol–water partition coefficient (Wildman–Crippen LogP) is 6.98. The van der Waals surface area contributed by atoms with E-state index in [0.717, 1.165) is 45.3 Å². The highest BCUT2D eigenvalue weighted by molar-refractivity contribution is 5.79. The highest BCUT2D eigenvalue weighted by Crippen LogP contribution is 2.27. The third kappa shape index (κ3) is 7.72. The summed E-state index contributed by atoms with van der Waals surface area (Å²) in [6, 6.07) is 40.8. The van der Waals surface area contributed by atoms with Gasteiger partial charge in [0.1, 0.15) is 0 Å². The average molecular weight is 547 g/mol. The second kappa shape index (κ2) is 14.2. The lowest BCUT2D eigenvalue weighted by molar-refractivity contribution is -0.137. The molecule has 4 nitrogen and oxygen atoms in total. The summed E-state index contributed by atoms with van der Waals surface area (Å²) in [4.78, 5) is 18.1. The number of aliphatic hydroxyl groups excluding tert-OH is 1. The monoisotopic (exact) mass is 546 g/mol. The highest BCUT2D eigenvalue weighted by atomic mass is 16.3. The number of carbonyl (C=O) groups excluding carboxylic acids is 1. The minimum Gasteiger partial charge on any atom is -0.394 e. The molecule has 1 saturated heterocycles. The van der Waals surface area contributed by atoms with Crippen LogP contribution in [0.15, 0.2) is 115 Å². The Bertz CT molecular complexity index is 1300. The summed E-state index contributed by atoms with van der Waals surface area (Å²) >= 11 is 0. The number of likely N-dealkylation sites (tertiary alicyclic amines) is 1. The third-order valence-electron chi connectivity index (χ3n) is 8.42. The molecule has 4 heteroatoms. The van der Waals surface area contributed by atoms with Crippen LogP contribution in [0.3, 0.4) is 0 Å². The number of nitrogens with zero attached hydrogens (tertiary/aromatic N) is 2. The number of hydrogen-bond acceptors (Lipinski definition) is 3. The molecule has 4 aromatic carbocycles. The summed E-state index contributed by atoms with van der Waals surface area (Å²) < 4.78 is 0. The number of rotatable bonds is 12. The Labute approximate surface area is 245 Å². The van der Waals surface area contributed by atoms with Crippen molar-refractivity contribution in [3.8, 4) is 11.1 Å². The first-order chi connectivity index (χ1) is 20.1. The van der Waals surface area contributed by atoms with Crippen molar-refractivity contribution in [2.24, 2.45) is 5.92 Å². The lowest BCUT2D eigenvalue weighted by Gasteiger charge is -2.35. The first kappa shape index (κ1) is 28.8. The van der Waals surface area contributed by atoms with Crippen molar-refractivity contribution in [2.75, 3.05) is 13.2 Å². The van der Waals surface area contributed by atoms with Crippen LogP contribution in [-0.4, -0.2) is 46.0 Å². The molecule has 4 aromatic rings. The maximum Gasteiger partial charge on any atom is 0.225 e. The van der Waals surface area contributed by atoms with Gasteiger partial charge in [0, 0.05) is 31.6 Å². The molecule has 1 amide bonds. The fourth-order valence-electron chi connectivity index (χ4n) is 6.16. The number of hydrogen-bond donors (Lipinski definition) is 1. The highest BCUT2D eigenvalue weighted by Gasteiger charge is 2.33. The molecule has 0 aliphatic carbocycles. The molecule has 0 radical (unpaired) electrons. The van der Waals surface area contributed by atoms with Gasteiger partial charge in [0.05, 0.1) is 12.6 Å². The van der Waals surface area contributed by atoms with Gasteiger partial charge < -0.3 is 10.0 Å². The van der Waals surface area contributed by atoms with Crippen LogP contribution in [0, 0.1) is 5.92 Å². The van der Waals surface area contributed by atoms with Gasteiger partial charge in [-0.05, 0) is 53.5 Å². The van der Waals surface area contributed by atoms with Crippen molar-refractivity contribution >= 4 is 5.91 Å². The Balaban J connectivity index is 1.42. The van der Waals surface area contributed by atoms with Gasteiger partial charge in [0.25, 0.3) is 0 Å². The van der Waals surface area contributed by atoms with Crippen LogP contribution < -0.4 is 0 Å². The van der Waals surface area contributed by atoms with Crippen LogP contribution in [0.4, 0.5) is 0 Å². The minimum atomic E-state index is -0.134. The van der Waals surface area contributed by atoms with Gasteiger partial charge in [-0.3, -0.25) is 9.69 Å². The topological polar surface area (TPSA) is 43.8 Å². The summed E-state index contributed by atoms with van der Waals surface area (Å²) in [7, 11) is 0. The zero-order valence-corrected chi connectivity index (χ0v) is 24.1. The SMILES string of the molecule is C[C@@H](CC(Cc1ccc(-c2ccccc2)cc1)N(Cc1ccccc1)Cc1ccccc1)C(=O)N1CCC[C@H]1CO. The molecule has 5 rings (SSSR count). The molecule has 1 aliphatic heterocycles. The van der Waals surface area contributed by atoms with E-state index >= 15 is 0 Å². The van der Waals surface area contributed by atoms with E-state index in [1.807, 2.05) is 11.0 Å². The van der Waals surface area contributed by atoms with E-state index in [4.69, 9.17) is 0 Å². The fraction of sp³-hybridized carbons (Fsp3) is 0.324. The van der Waals surface area contributed by atoms with Crippen molar-refractivity contribution in [2.45, 2.75) is 57.8 Å². The standard InChI is InChI=1S/C37H42N2O2/c1-29(37(41)39-23-11-18-35(39)28-40)24-36(25-30-19-21-34(22-20-30)33-16-9-4-10-17-33)38(26-31-12-5-2-6-13-31)27-32-14-7-3-8-15-32/h2-10,12-17,19-22,29,35-36,40H,11,18,23-28H2,1H3/t29-,35-,36?/m0/s1. The third-order valence-corrected chi connectivity index (χ3v) is 8.42. The van der Waals surface area contributed by atoms with Crippen LogP contribution in [-0.2, 0) is 24.3 Å². The number of benzene rings is 4. The Morgan fingerprint density at radius 3 is 1.88 bits per heavy atom. The minimum absolute atomic E-state index is 0.0429. The molecule has 0 bridgehead atoms. The van der Waals surface area contributed by atoms with E-state index in [0.29, 0.717) is 0 Å². The van der Waals surface area contributed by atoms with Crippen molar-refractivity contribution in [1.29, 1.82) is 0 Å². The summed E-state index contributed by atoms with van der Waals surface area (Å²) in [6.45, 7) is 4.49. The maximum absolute atomic E-state index is 13.6. The average Bonchev–Trinajstić information content (AvgIpc) is 3.51. The quantitative estimate of drug-likeness (QED) is 0.209. The zero-order valence-electron chi connectivity index (χ0n) is 24.1. The Kier molecular flexibility index (Phi) is 10.0. The van der Waals surface area contributed by atoms with E-state index in [1.54, 1.807) is 0 Å². The smallest absolute Gasteiger partial charge is 0.225 e. The van der Waals surface area contributed by atoms with Gasteiger partial charge in [-0.15, -0.1) is 0 Å². The molecular weight excluding hydrogens is 504 g/mol. The summed E-state index contributed by atoms with van der Waals surface area (Å²) in [6.07, 6.45) is 3.47. The first-order valence-corrected chi connectivity index (χ1v) is 15.0. The molecule has 1 N–H and O–H groups in total. The predicted molar refractivity (Wildman–Crippen MR) is 167 cm³/mol. The first-order valence-electron chi connectivity index (χ1n) is 15.0. The molecule has 1 fully saturated rings.